The fourth-order valence-corrected chi connectivity index (χ4v) is 5.49. The number of carbonyl (C=O) groups is 2. The van der Waals surface area contributed by atoms with Crippen LogP contribution in [0.4, 0.5) is 4.39 Å². The first-order valence-corrected chi connectivity index (χ1v) is 11.2. The summed E-state index contributed by atoms with van der Waals surface area (Å²) >= 11 is 0. The second kappa shape index (κ2) is 8.16. The first-order valence-electron chi connectivity index (χ1n) is 9.75. The van der Waals surface area contributed by atoms with E-state index in [1.807, 2.05) is 30.3 Å². The summed E-state index contributed by atoms with van der Waals surface area (Å²) < 4.78 is 41.1. The van der Waals surface area contributed by atoms with Crippen molar-refractivity contribution < 1.29 is 22.4 Å². The lowest BCUT2D eigenvalue weighted by atomic mass is 10.1. The van der Waals surface area contributed by atoms with Crippen molar-refractivity contribution in [3.8, 4) is 0 Å². The lowest BCUT2D eigenvalue weighted by Crippen LogP contribution is -2.59. The van der Waals surface area contributed by atoms with Crippen LogP contribution in [-0.4, -0.2) is 66.6 Å². The van der Waals surface area contributed by atoms with Crippen LogP contribution in [0.1, 0.15) is 12.0 Å². The normalized spacial score (nSPS) is 20.8. The third-order valence-electron chi connectivity index (χ3n) is 5.53. The first-order chi connectivity index (χ1) is 14.4. The average Bonchev–Trinajstić information content (AvgIpc) is 2.97. The van der Waals surface area contributed by atoms with E-state index in [1.165, 1.54) is 28.0 Å². The Bertz CT molecular complexity index is 1060. The number of carbonyl (C=O) groups excluding carboxylic acids is 2. The van der Waals surface area contributed by atoms with Crippen molar-refractivity contribution in [3.63, 3.8) is 0 Å². The third kappa shape index (κ3) is 3.82. The summed E-state index contributed by atoms with van der Waals surface area (Å²) in [6.45, 7) is 0.445. The number of hydrogen-bond acceptors (Lipinski definition) is 4. The molecule has 2 aromatic carbocycles. The highest BCUT2D eigenvalue weighted by molar-refractivity contribution is 7.89. The molecule has 2 amide bonds. The van der Waals surface area contributed by atoms with Crippen LogP contribution in [0.15, 0.2) is 59.5 Å². The number of hydrogen-bond donors (Lipinski definition) is 0. The second-order valence-corrected chi connectivity index (χ2v) is 9.31. The van der Waals surface area contributed by atoms with Crippen LogP contribution in [0, 0.1) is 5.82 Å². The first kappa shape index (κ1) is 20.5. The van der Waals surface area contributed by atoms with E-state index >= 15 is 0 Å². The van der Waals surface area contributed by atoms with E-state index in [2.05, 4.69) is 0 Å². The van der Waals surface area contributed by atoms with E-state index in [-0.39, 0.29) is 44.4 Å². The number of piperazine rings is 1. The van der Waals surface area contributed by atoms with Gasteiger partial charge in [-0.3, -0.25) is 9.59 Å². The molecule has 2 saturated heterocycles. The van der Waals surface area contributed by atoms with Crippen molar-refractivity contribution >= 4 is 21.8 Å². The lowest BCUT2D eigenvalue weighted by Gasteiger charge is -2.39. The molecular weight excluding hydrogens is 409 g/mol. The monoisotopic (exact) mass is 431 g/mol. The molecule has 0 aromatic heterocycles. The molecule has 2 aliphatic rings. The van der Waals surface area contributed by atoms with Gasteiger partial charge in [0.15, 0.2) is 0 Å². The summed E-state index contributed by atoms with van der Waals surface area (Å²) in [6, 6.07) is 13.9. The van der Waals surface area contributed by atoms with Crippen molar-refractivity contribution in [1.82, 2.24) is 14.1 Å². The topological polar surface area (TPSA) is 78.0 Å². The maximum atomic E-state index is 14.1. The Labute approximate surface area is 174 Å². The quantitative estimate of drug-likeness (QED) is 0.734. The van der Waals surface area contributed by atoms with Crippen LogP contribution in [0.3, 0.4) is 0 Å². The van der Waals surface area contributed by atoms with Gasteiger partial charge in [0.1, 0.15) is 23.3 Å². The molecule has 2 aliphatic heterocycles. The van der Waals surface area contributed by atoms with Gasteiger partial charge in [0.25, 0.3) is 0 Å². The summed E-state index contributed by atoms with van der Waals surface area (Å²) in [7, 11) is -4.06. The Morgan fingerprint density at radius 2 is 1.63 bits per heavy atom. The largest absolute Gasteiger partial charge is 0.328 e. The molecule has 2 fully saturated rings. The fourth-order valence-electron chi connectivity index (χ4n) is 3.98. The van der Waals surface area contributed by atoms with E-state index in [0.29, 0.717) is 6.54 Å². The second-order valence-electron chi connectivity index (χ2n) is 7.41. The molecule has 2 heterocycles. The summed E-state index contributed by atoms with van der Waals surface area (Å²) in [5.41, 5.74) is 0.921. The van der Waals surface area contributed by atoms with Crippen molar-refractivity contribution in [3.05, 3.63) is 66.0 Å². The third-order valence-corrected chi connectivity index (χ3v) is 7.46. The summed E-state index contributed by atoms with van der Waals surface area (Å²) in [4.78, 5) is 28.3. The van der Waals surface area contributed by atoms with Crippen LogP contribution < -0.4 is 0 Å². The zero-order valence-corrected chi connectivity index (χ0v) is 17.1. The van der Waals surface area contributed by atoms with E-state index < -0.39 is 26.8 Å². The van der Waals surface area contributed by atoms with Crippen molar-refractivity contribution in [2.45, 2.75) is 23.9 Å². The minimum absolute atomic E-state index is 0.0187. The molecule has 0 unspecified atom stereocenters. The van der Waals surface area contributed by atoms with Crippen LogP contribution >= 0.6 is 0 Å². The Morgan fingerprint density at radius 3 is 2.37 bits per heavy atom. The molecule has 0 radical (unpaired) electrons. The minimum atomic E-state index is -4.06. The van der Waals surface area contributed by atoms with Gasteiger partial charge in [0, 0.05) is 26.2 Å². The van der Waals surface area contributed by atoms with Gasteiger partial charge in [-0.15, -0.1) is 0 Å². The van der Waals surface area contributed by atoms with Gasteiger partial charge in [0.2, 0.25) is 21.8 Å². The van der Waals surface area contributed by atoms with Crippen LogP contribution in [-0.2, 0) is 26.2 Å². The molecule has 7 nitrogen and oxygen atoms in total. The maximum absolute atomic E-state index is 14.1. The molecule has 0 bridgehead atoms. The molecule has 9 heteroatoms. The molecule has 1 atom stereocenters. The van der Waals surface area contributed by atoms with E-state index in [4.69, 9.17) is 0 Å². The zero-order valence-electron chi connectivity index (χ0n) is 16.3. The zero-order chi connectivity index (χ0) is 21.3. The Hall–Kier alpha value is -2.78. The smallest absolute Gasteiger partial charge is 0.246 e. The Kier molecular flexibility index (Phi) is 5.57. The van der Waals surface area contributed by atoms with Gasteiger partial charge in [0.05, 0.1) is 0 Å². The van der Waals surface area contributed by atoms with Gasteiger partial charge in [-0.2, -0.15) is 4.31 Å². The van der Waals surface area contributed by atoms with Crippen molar-refractivity contribution in [2.75, 3.05) is 26.2 Å². The van der Waals surface area contributed by atoms with E-state index in [1.54, 1.807) is 0 Å². The Morgan fingerprint density at radius 1 is 0.933 bits per heavy atom. The molecule has 30 heavy (non-hydrogen) atoms. The SMILES string of the molecule is O=C1[C@@H]2CCN(S(=O)(=O)c3ccccc3F)CCN2C(=O)CN1Cc1ccccc1. The molecular formula is C21H22FN3O4S. The van der Waals surface area contributed by atoms with Crippen LogP contribution in [0.5, 0.6) is 0 Å². The molecule has 0 N–H and O–H groups in total. The number of rotatable bonds is 4. The van der Waals surface area contributed by atoms with Crippen LogP contribution in [0.25, 0.3) is 0 Å². The highest BCUT2D eigenvalue weighted by Crippen LogP contribution is 2.25. The van der Waals surface area contributed by atoms with Crippen LogP contribution in [0.2, 0.25) is 0 Å². The summed E-state index contributed by atoms with van der Waals surface area (Å²) in [6.07, 6.45) is 0.170. The van der Waals surface area contributed by atoms with E-state index in [9.17, 15) is 22.4 Å². The molecule has 0 aliphatic carbocycles. The number of benzene rings is 2. The number of nitrogens with zero attached hydrogens (tertiary/aromatic N) is 3. The fraction of sp³-hybridized carbons (Fsp3) is 0.333. The predicted octanol–water partition coefficient (Wildman–Crippen LogP) is 1.46. The molecule has 0 saturated carbocycles. The molecule has 4 rings (SSSR count). The van der Waals surface area contributed by atoms with Crippen molar-refractivity contribution in [2.24, 2.45) is 0 Å². The Balaban J connectivity index is 1.53. The highest BCUT2D eigenvalue weighted by Gasteiger charge is 2.42. The van der Waals surface area contributed by atoms with Gasteiger partial charge in [-0.05, 0) is 24.1 Å². The highest BCUT2D eigenvalue weighted by atomic mass is 32.2. The number of sulfonamides is 1. The molecule has 0 spiro atoms. The van der Waals surface area contributed by atoms with E-state index in [0.717, 1.165) is 15.9 Å². The minimum Gasteiger partial charge on any atom is -0.328 e. The average molecular weight is 431 g/mol. The molecule has 2 aromatic rings. The maximum Gasteiger partial charge on any atom is 0.246 e. The van der Waals surface area contributed by atoms with Gasteiger partial charge >= 0.3 is 0 Å². The summed E-state index contributed by atoms with van der Waals surface area (Å²) in [5.74, 6) is -1.22. The standard InChI is InChI=1S/C21H22FN3O4S/c22-17-8-4-5-9-19(17)30(28,29)24-11-10-18-21(27)23(14-16-6-2-1-3-7-16)15-20(26)25(18)13-12-24/h1-9,18H,10-15H2/t18-/m0/s1. The lowest BCUT2D eigenvalue weighted by molar-refractivity contribution is -0.156. The van der Waals surface area contributed by atoms with Gasteiger partial charge < -0.3 is 9.80 Å². The van der Waals surface area contributed by atoms with Gasteiger partial charge in [-0.1, -0.05) is 42.5 Å². The van der Waals surface area contributed by atoms with Gasteiger partial charge in [-0.25, -0.2) is 12.8 Å². The number of amides is 2. The number of halogens is 1. The predicted molar refractivity (Wildman–Crippen MR) is 107 cm³/mol. The van der Waals surface area contributed by atoms with Crippen molar-refractivity contribution in [1.29, 1.82) is 0 Å². The molecule has 158 valence electrons. The number of fused-ring (bicyclic) bond motifs is 1. The summed E-state index contributed by atoms with van der Waals surface area (Å²) in [5, 5.41) is 0.